The molecule has 0 saturated carbocycles. The van der Waals surface area contributed by atoms with Crippen molar-refractivity contribution in [2.45, 2.75) is 6.92 Å². The second kappa shape index (κ2) is 6.15. The van der Waals surface area contributed by atoms with Gasteiger partial charge in [0.2, 0.25) is 0 Å². The lowest BCUT2D eigenvalue weighted by Gasteiger charge is -2.06. The Morgan fingerprint density at radius 1 is 1.29 bits per heavy atom. The Hall–Kier alpha value is -1.69. The summed E-state index contributed by atoms with van der Waals surface area (Å²) in [6.07, 6.45) is 0. The van der Waals surface area contributed by atoms with Gasteiger partial charge in [-0.05, 0) is 13.0 Å². The number of ether oxygens (including phenoxy) is 2. The summed E-state index contributed by atoms with van der Waals surface area (Å²) >= 11 is 0. The standard InChI is InChI=1S/C11H13F2NO3/c1-2-16-3-4-17-11(15)7-5-9(13)10(14)6-8(7)12/h5-6H,2-4,14H2,1H3. The number of carbonyl (C=O) groups is 1. The van der Waals surface area contributed by atoms with E-state index in [1.165, 1.54) is 0 Å². The third-order valence-electron chi connectivity index (χ3n) is 1.97. The summed E-state index contributed by atoms with van der Waals surface area (Å²) in [5.74, 6) is -2.71. The summed E-state index contributed by atoms with van der Waals surface area (Å²) in [4.78, 5) is 11.4. The van der Waals surface area contributed by atoms with E-state index in [1.54, 1.807) is 6.92 Å². The minimum Gasteiger partial charge on any atom is -0.460 e. The first-order valence-electron chi connectivity index (χ1n) is 5.05. The molecular weight excluding hydrogens is 232 g/mol. The van der Waals surface area contributed by atoms with Crippen LogP contribution < -0.4 is 5.73 Å². The van der Waals surface area contributed by atoms with Crippen LogP contribution >= 0.6 is 0 Å². The first kappa shape index (κ1) is 13.4. The molecule has 0 aliphatic rings. The maximum Gasteiger partial charge on any atom is 0.341 e. The largest absolute Gasteiger partial charge is 0.460 e. The van der Waals surface area contributed by atoms with Crippen molar-refractivity contribution in [3.8, 4) is 0 Å². The van der Waals surface area contributed by atoms with Crippen LogP contribution in [0.3, 0.4) is 0 Å². The quantitative estimate of drug-likeness (QED) is 0.487. The highest BCUT2D eigenvalue weighted by Gasteiger charge is 2.16. The van der Waals surface area contributed by atoms with E-state index in [-0.39, 0.29) is 18.9 Å². The number of halogens is 2. The highest BCUT2D eigenvalue weighted by Crippen LogP contribution is 2.17. The molecule has 0 spiro atoms. The number of carbonyl (C=O) groups excluding carboxylic acids is 1. The second-order valence-corrected chi connectivity index (χ2v) is 3.19. The van der Waals surface area contributed by atoms with Crippen LogP contribution in [0.5, 0.6) is 0 Å². The molecule has 2 N–H and O–H groups in total. The highest BCUT2D eigenvalue weighted by molar-refractivity contribution is 5.90. The van der Waals surface area contributed by atoms with Crippen molar-refractivity contribution in [2.75, 3.05) is 25.6 Å². The van der Waals surface area contributed by atoms with Gasteiger partial charge in [0.05, 0.1) is 17.9 Å². The lowest BCUT2D eigenvalue weighted by Crippen LogP contribution is -2.13. The summed E-state index contributed by atoms with van der Waals surface area (Å²) in [6.45, 7) is 2.47. The number of nitrogen functional groups attached to an aromatic ring is 1. The Bertz CT molecular complexity index is 410. The molecule has 6 heteroatoms. The molecule has 1 aromatic rings. The van der Waals surface area contributed by atoms with Gasteiger partial charge in [-0.25, -0.2) is 13.6 Å². The van der Waals surface area contributed by atoms with Crippen molar-refractivity contribution in [2.24, 2.45) is 0 Å². The van der Waals surface area contributed by atoms with E-state index in [1.807, 2.05) is 0 Å². The molecule has 0 heterocycles. The van der Waals surface area contributed by atoms with Gasteiger partial charge in [-0.15, -0.1) is 0 Å². The molecule has 0 atom stereocenters. The van der Waals surface area contributed by atoms with Gasteiger partial charge in [0.25, 0.3) is 0 Å². The van der Waals surface area contributed by atoms with Crippen LogP contribution in [0.1, 0.15) is 17.3 Å². The van der Waals surface area contributed by atoms with Gasteiger partial charge in [0, 0.05) is 12.7 Å². The summed E-state index contributed by atoms with van der Waals surface area (Å²) < 4.78 is 35.9. The zero-order chi connectivity index (χ0) is 12.8. The maximum absolute atomic E-state index is 13.3. The summed E-state index contributed by atoms with van der Waals surface area (Å²) in [5.41, 5.74) is 4.31. The zero-order valence-electron chi connectivity index (χ0n) is 9.33. The lowest BCUT2D eigenvalue weighted by atomic mass is 10.2. The number of hydrogen-bond donors (Lipinski definition) is 1. The van der Waals surface area contributed by atoms with Crippen molar-refractivity contribution in [3.63, 3.8) is 0 Å². The molecule has 17 heavy (non-hydrogen) atoms. The smallest absolute Gasteiger partial charge is 0.341 e. The third kappa shape index (κ3) is 3.67. The van der Waals surface area contributed by atoms with Crippen molar-refractivity contribution in [1.29, 1.82) is 0 Å². The average Bonchev–Trinajstić information content (AvgIpc) is 2.29. The average molecular weight is 245 g/mol. The van der Waals surface area contributed by atoms with E-state index in [4.69, 9.17) is 15.2 Å². The van der Waals surface area contributed by atoms with Crippen molar-refractivity contribution in [1.82, 2.24) is 0 Å². The molecule has 0 aliphatic heterocycles. The number of benzene rings is 1. The van der Waals surface area contributed by atoms with Crippen LogP contribution in [0, 0.1) is 11.6 Å². The first-order chi connectivity index (χ1) is 8.06. The van der Waals surface area contributed by atoms with E-state index >= 15 is 0 Å². The Labute approximate surface area is 97.3 Å². The van der Waals surface area contributed by atoms with Crippen molar-refractivity contribution in [3.05, 3.63) is 29.3 Å². The molecule has 0 aliphatic carbocycles. The second-order valence-electron chi connectivity index (χ2n) is 3.19. The van der Waals surface area contributed by atoms with Gasteiger partial charge < -0.3 is 15.2 Å². The van der Waals surface area contributed by atoms with Crippen LogP contribution in [0.4, 0.5) is 14.5 Å². The predicted molar refractivity (Wildman–Crippen MR) is 57.5 cm³/mol. The number of rotatable bonds is 5. The molecule has 0 amide bonds. The number of nitrogens with two attached hydrogens (primary N) is 1. The highest BCUT2D eigenvalue weighted by atomic mass is 19.1. The molecule has 0 unspecified atom stereocenters. The van der Waals surface area contributed by atoms with E-state index in [9.17, 15) is 13.6 Å². The van der Waals surface area contributed by atoms with Crippen LogP contribution in [0.2, 0.25) is 0 Å². The first-order valence-corrected chi connectivity index (χ1v) is 5.05. The topological polar surface area (TPSA) is 61.5 Å². The zero-order valence-corrected chi connectivity index (χ0v) is 9.33. The fourth-order valence-electron chi connectivity index (χ4n) is 1.13. The molecule has 94 valence electrons. The van der Waals surface area contributed by atoms with Crippen LogP contribution in [0.15, 0.2) is 12.1 Å². The molecular formula is C11H13F2NO3. The Kier molecular flexibility index (Phi) is 4.84. The minimum absolute atomic E-state index is 0.0158. The third-order valence-corrected chi connectivity index (χ3v) is 1.97. The van der Waals surface area contributed by atoms with E-state index in [0.717, 1.165) is 6.07 Å². The molecule has 1 aromatic carbocycles. The Morgan fingerprint density at radius 3 is 2.65 bits per heavy atom. The minimum atomic E-state index is -0.943. The van der Waals surface area contributed by atoms with Crippen molar-refractivity contribution < 1.29 is 23.0 Å². The number of hydrogen-bond acceptors (Lipinski definition) is 4. The van der Waals surface area contributed by atoms with E-state index in [0.29, 0.717) is 12.7 Å². The molecule has 0 saturated heterocycles. The van der Waals surface area contributed by atoms with Gasteiger partial charge in [-0.1, -0.05) is 0 Å². The van der Waals surface area contributed by atoms with Crippen LogP contribution in [0.25, 0.3) is 0 Å². The predicted octanol–water partition coefficient (Wildman–Crippen LogP) is 1.74. The van der Waals surface area contributed by atoms with Gasteiger partial charge in [-0.2, -0.15) is 0 Å². The van der Waals surface area contributed by atoms with Crippen LogP contribution in [-0.2, 0) is 9.47 Å². The number of esters is 1. The normalized spacial score (nSPS) is 10.3. The van der Waals surface area contributed by atoms with Gasteiger partial charge in [-0.3, -0.25) is 0 Å². The number of anilines is 1. The lowest BCUT2D eigenvalue weighted by molar-refractivity contribution is 0.0330. The van der Waals surface area contributed by atoms with Crippen molar-refractivity contribution >= 4 is 11.7 Å². The van der Waals surface area contributed by atoms with Gasteiger partial charge in [0.1, 0.15) is 18.2 Å². The fraction of sp³-hybridized carbons (Fsp3) is 0.364. The van der Waals surface area contributed by atoms with E-state index in [2.05, 4.69) is 0 Å². The maximum atomic E-state index is 13.3. The van der Waals surface area contributed by atoms with Gasteiger partial charge in [0.15, 0.2) is 0 Å². The molecule has 0 fully saturated rings. The molecule has 0 aromatic heterocycles. The van der Waals surface area contributed by atoms with Crippen LogP contribution in [-0.4, -0.2) is 25.8 Å². The van der Waals surface area contributed by atoms with Gasteiger partial charge >= 0.3 is 5.97 Å². The summed E-state index contributed by atoms with van der Waals surface area (Å²) in [5, 5.41) is 0. The molecule has 4 nitrogen and oxygen atoms in total. The Morgan fingerprint density at radius 2 is 2.00 bits per heavy atom. The molecule has 0 bridgehead atoms. The van der Waals surface area contributed by atoms with E-state index < -0.39 is 23.2 Å². The summed E-state index contributed by atoms with van der Waals surface area (Å²) in [6, 6.07) is 1.46. The Balaban J connectivity index is 2.66. The summed E-state index contributed by atoms with van der Waals surface area (Å²) in [7, 11) is 0. The monoisotopic (exact) mass is 245 g/mol. The molecule has 0 radical (unpaired) electrons. The fourth-order valence-corrected chi connectivity index (χ4v) is 1.13. The molecule has 1 rings (SSSR count). The SMILES string of the molecule is CCOCCOC(=O)c1cc(F)c(N)cc1F.